The molecule has 1 aromatic carbocycles. The Kier molecular flexibility index (Phi) is 3.50. The lowest BCUT2D eigenvalue weighted by Crippen LogP contribution is -2.41. The lowest BCUT2D eigenvalue weighted by molar-refractivity contribution is 0.246. The Morgan fingerprint density at radius 2 is 2.40 bits per heavy atom. The zero-order valence-corrected chi connectivity index (χ0v) is 12.4. The minimum Gasteiger partial charge on any atom is -0.380 e. The second-order valence-electron chi connectivity index (χ2n) is 4.49. The van der Waals surface area contributed by atoms with Crippen LogP contribution < -0.4 is 15.5 Å². The highest BCUT2D eigenvalue weighted by Gasteiger charge is 2.19. The fourth-order valence-corrected chi connectivity index (χ4v) is 3.04. The lowest BCUT2D eigenvalue weighted by atomic mass is 10.1. The van der Waals surface area contributed by atoms with Crippen molar-refractivity contribution in [1.29, 1.82) is 0 Å². The maximum absolute atomic E-state index is 11.5. The Morgan fingerprint density at radius 3 is 3.15 bits per heavy atom. The van der Waals surface area contributed by atoms with E-state index in [4.69, 9.17) is 11.6 Å². The van der Waals surface area contributed by atoms with Crippen LogP contribution in [0.4, 0.5) is 16.2 Å². The van der Waals surface area contributed by atoms with Gasteiger partial charge in [-0.15, -0.1) is 11.3 Å². The normalized spacial score (nSPS) is 13.9. The van der Waals surface area contributed by atoms with Crippen LogP contribution in [0.2, 0.25) is 4.47 Å². The molecule has 104 valence electrons. The molecule has 1 aliphatic heterocycles. The SMILES string of the molecule is CN1C(=O)NCc2cc(NCc3cnc(Cl)s3)ccc21. The van der Waals surface area contributed by atoms with E-state index in [1.54, 1.807) is 18.1 Å². The van der Waals surface area contributed by atoms with E-state index in [1.807, 2.05) is 18.2 Å². The van der Waals surface area contributed by atoms with Crippen LogP contribution in [0, 0.1) is 0 Å². The van der Waals surface area contributed by atoms with E-state index in [0.717, 1.165) is 21.8 Å². The van der Waals surface area contributed by atoms with Gasteiger partial charge in [-0.3, -0.25) is 4.90 Å². The van der Waals surface area contributed by atoms with Crippen molar-refractivity contribution >= 4 is 40.3 Å². The van der Waals surface area contributed by atoms with E-state index in [0.29, 0.717) is 17.6 Å². The molecule has 2 amide bonds. The van der Waals surface area contributed by atoms with Crippen LogP contribution >= 0.6 is 22.9 Å². The van der Waals surface area contributed by atoms with Gasteiger partial charge in [-0.1, -0.05) is 11.6 Å². The van der Waals surface area contributed by atoms with Gasteiger partial charge in [-0.25, -0.2) is 9.78 Å². The van der Waals surface area contributed by atoms with Crippen molar-refractivity contribution in [2.45, 2.75) is 13.1 Å². The van der Waals surface area contributed by atoms with Gasteiger partial charge in [0.05, 0.1) is 12.2 Å². The molecule has 1 aromatic heterocycles. The summed E-state index contributed by atoms with van der Waals surface area (Å²) in [6.45, 7) is 1.24. The Morgan fingerprint density at radius 1 is 1.55 bits per heavy atom. The molecule has 5 nitrogen and oxygen atoms in total. The predicted molar refractivity (Wildman–Crippen MR) is 81.5 cm³/mol. The summed E-state index contributed by atoms with van der Waals surface area (Å²) in [6.07, 6.45) is 1.77. The number of nitrogens with one attached hydrogen (secondary N) is 2. The first-order valence-electron chi connectivity index (χ1n) is 6.12. The molecule has 0 spiro atoms. The van der Waals surface area contributed by atoms with E-state index in [2.05, 4.69) is 15.6 Å². The van der Waals surface area contributed by atoms with E-state index < -0.39 is 0 Å². The minimum atomic E-state index is -0.0717. The maximum Gasteiger partial charge on any atom is 0.321 e. The number of thiazole rings is 1. The molecule has 0 bridgehead atoms. The summed E-state index contributed by atoms with van der Waals surface area (Å²) in [5.74, 6) is 0. The van der Waals surface area contributed by atoms with Gasteiger partial charge in [0.1, 0.15) is 0 Å². The van der Waals surface area contributed by atoms with E-state index in [-0.39, 0.29) is 6.03 Å². The number of hydrogen-bond acceptors (Lipinski definition) is 4. The number of urea groups is 1. The number of halogens is 1. The number of aromatic nitrogens is 1. The van der Waals surface area contributed by atoms with Gasteiger partial charge in [-0.05, 0) is 23.8 Å². The van der Waals surface area contributed by atoms with Crippen LogP contribution in [0.15, 0.2) is 24.4 Å². The van der Waals surface area contributed by atoms with Gasteiger partial charge >= 0.3 is 6.03 Å². The second kappa shape index (κ2) is 5.30. The van der Waals surface area contributed by atoms with Crippen LogP contribution in [0.25, 0.3) is 0 Å². The van der Waals surface area contributed by atoms with Gasteiger partial charge in [-0.2, -0.15) is 0 Å². The molecular formula is C13H13ClN4OS. The number of fused-ring (bicyclic) bond motifs is 1. The number of carbonyl (C=O) groups is 1. The first-order chi connectivity index (χ1) is 9.63. The number of anilines is 2. The molecule has 0 saturated carbocycles. The molecule has 2 aromatic rings. The zero-order chi connectivity index (χ0) is 14.1. The summed E-state index contributed by atoms with van der Waals surface area (Å²) in [5.41, 5.74) is 3.05. The summed E-state index contributed by atoms with van der Waals surface area (Å²) < 4.78 is 0.552. The fraction of sp³-hybridized carbons (Fsp3) is 0.231. The quantitative estimate of drug-likeness (QED) is 0.916. The third-order valence-corrected chi connectivity index (χ3v) is 4.28. The minimum absolute atomic E-state index is 0.0717. The Balaban J connectivity index is 1.74. The number of amides is 2. The third kappa shape index (κ3) is 2.57. The Bertz CT molecular complexity index is 658. The molecule has 0 fully saturated rings. The van der Waals surface area contributed by atoms with Crippen molar-refractivity contribution < 1.29 is 4.79 Å². The standard InChI is InChI=1S/C13H13ClN4OS/c1-18-11-3-2-9(4-8(11)5-17-13(18)19)15-6-10-7-16-12(14)20-10/h2-4,7,15H,5-6H2,1H3,(H,17,19). The van der Waals surface area contributed by atoms with Crippen LogP contribution in [-0.2, 0) is 13.1 Å². The number of benzene rings is 1. The Labute approximate surface area is 125 Å². The van der Waals surface area contributed by atoms with Crippen molar-refractivity contribution in [2.75, 3.05) is 17.3 Å². The van der Waals surface area contributed by atoms with Crippen LogP contribution in [0.5, 0.6) is 0 Å². The van der Waals surface area contributed by atoms with E-state index in [1.165, 1.54) is 11.3 Å². The topological polar surface area (TPSA) is 57.3 Å². The summed E-state index contributed by atoms with van der Waals surface area (Å²) >= 11 is 7.26. The first kappa shape index (κ1) is 13.2. The lowest BCUT2D eigenvalue weighted by Gasteiger charge is -2.27. The van der Waals surface area contributed by atoms with Crippen LogP contribution in [0.3, 0.4) is 0 Å². The average molecular weight is 309 g/mol. The fourth-order valence-electron chi connectivity index (χ4n) is 2.12. The molecule has 1 aliphatic rings. The van der Waals surface area contributed by atoms with Crippen molar-refractivity contribution in [2.24, 2.45) is 0 Å². The number of rotatable bonds is 3. The van der Waals surface area contributed by atoms with Gasteiger partial charge in [0.25, 0.3) is 0 Å². The molecule has 0 saturated heterocycles. The highest BCUT2D eigenvalue weighted by Crippen LogP contribution is 2.27. The Hall–Kier alpha value is -1.79. The molecule has 0 aliphatic carbocycles. The van der Waals surface area contributed by atoms with E-state index in [9.17, 15) is 4.79 Å². The summed E-state index contributed by atoms with van der Waals surface area (Å²) in [6, 6.07) is 5.90. The van der Waals surface area contributed by atoms with Gasteiger partial charge in [0.15, 0.2) is 4.47 Å². The van der Waals surface area contributed by atoms with Crippen molar-refractivity contribution in [3.8, 4) is 0 Å². The predicted octanol–water partition coefficient (Wildman–Crippen LogP) is 3.07. The molecule has 0 atom stereocenters. The molecular weight excluding hydrogens is 296 g/mol. The molecule has 0 radical (unpaired) electrons. The highest BCUT2D eigenvalue weighted by molar-refractivity contribution is 7.15. The smallest absolute Gasteiger partial charge is 0.321 e. The molecule has 0 unspecified atom stereocenters. The molecule has 2 N–H and O–H groups in total. The number of carbonyl (C=O) groups excluding carboxylic acids is 1. The zero-order valence-electron chi connectivity index (χ0n) is 10.8. The summed E-state index contributed by atoms with van der Waals surface area (Å²) in [4.78, 5) is 18.2. The molecule has 20 heavy (non-hydrogen) atoms. The average Bonchev–Trinajstić information content (AvgIpc) is 2.86. The second-order valence-corrected chi connectivity index (χ2v) is 6.19. The van der Waals surface area contributed by atoms with Crippen LogP contribution in [-0.4, -0.2) is 18.1 Å². The largest absolute Gasteiger partial charge is 0.380 e. The van der Waals surface area contributed by atoms with Gasteiger partial charge < -0.3 is 10.6 Å². The maximum atomic E-state index is 11.5. The van der Waals surface area contributed by atoms with E-state index >= 15 is 0 Å². The third-order valence-electron chi connectivity index (χ3n) is 3.17. The van der Waals surface area contributed by atoms with Gasteiger partial charge in [0.2, 0.25) is 0 Å². The number of hydrogen-bond donors (Lipinski definition) is 2. The summed E-state index contributed by atoms with van der Waals surface area (Å²) in [7, 11) is 1.76. The molecule has 2 heterocycles. The van der Waals surface area contributed by atoms with Crippen molar-refractivity contribution in [3.63, 3.8) is 0 Å². The molecule has 7 heteroatoms. The van der Waals surface area contributed by atoms with Gasteiger partial charge in [0, 0.05) is 30.4 Å². The first-order valence-corrected chi connectivity index (χ1v) is 7.31. The highest BCUT2D eigenvalue weighted by atomic mass is 35.5. The summed E-state index contributed by atoms with van der Waals surface area (Å²) in [5, 5.41) is 6.16. The van der Waals surface area contributed by atoms with Crippen molar-refractivity contribution in [1.82, 2.24) is 10.3 Å². The van der Waals surface area contributed by atoms with Crippen molar-refractivity contribution in [3.05, 3.63) is 39.3 Å². The van der Waals surface area contributed by atoms with Crippen LogP contribution in [0.1, 0.15) is 10.4 Å². The number of nitrogens with zero attached hydrogens (tertiary/aromatic N) is 2. The molecule has 3 rings (SSSR count). The monoisotopic (exact) mass is 308 g/mol.